The number of hydrogen-bond acceptors (Lipinski definition) is 16. The van der Waals surface area contributed by atoms with E-state index in [-0.39, 0.29) is 22.2 Å². The first-order valence-corrected chi connectivity index (χ1v) is 26.5. The van der Waals surface area contributed by atoms with Gasteiger partial charge in [-0.2, -0.15) is 9.97 Å². The van der Waals surface area contributed by atoms with Gasteiger partial charge >= 0.3 is 23.3 Å². The van der Waals surface area contributed by atoms with Crippen molar-refractivity contribution in [3.8, 4) is 11.8 Å². The predicted molar refractivity (Wildman–Crippen MR) is 289 cm³/mol. The maximum absolute atomic E-state index is 12.1. The quantitative estimate of drug-likeness (QED) is 0.0652. The maximum Gasteiger partial charge on any atom is 0.350 e. The van der Waals surface area contributed by atoms with Crippen LogP contribution in [-0.2, 0) is 46.4 Å². The van der Waals surface area contributed by atoms with Gasteiger partial charge in [-0.05, 0) is 65.5 Å². The van der Waals surface area contributed by atoms with E-state index < -0.39 is 11.9 Å². The van der Waals surface area contributed by atoms with Crippen molar-refractivity contribution in [3.05, 3.63) is 92.8 Å². The molecular formula is C54H84N12O8. The van der Waals surface area contributed by atoms with Crippen LogP contribution >= 0.6 is 0 Å². The molecule has 408 valence electrons. The van der Waals surface area contributed by atoms with Crippen LogP contribution in [0.15, 0.2) is 58.4 Å². The van der Waals surface area contributed by atoms with Gasteiger partial charge in [0.15, 0.2) is 0 Å². The molecule has 2 aliphatic rings. The molecule has 4 aromatic heterocycles. The summed E-state index contributed by atoms with van der Waals surface area (Å²) in [6, 6.07) is 7.87. The molecule has 20 heteroatoms. The van der Waals surface area contributed by atoms with Crippen LogP contribution in [0.4, 0.5) is 11.6 Å². The average molecular weight is 1030 g/mol. The topological polar surface area (TPSA) is 227 Å². The molecule has 0 unspecified atom stereocenters. The lowest BCUT2D eigenvalue weighted by molar-refractivity contribution is -0.134. The molecule has 2 aliphatic heterocycles. The predicted octanol–water partition coefficient (Wildman–Crippen LogP) is 6.28. The highest BCUT2D eigenvalue weighted by molar-refractivity contribution is 5.89. The molecule has 2 fully saturated rings. The molecule has 0 bridgehead atoms. The van der Waals surface area contributed by atoms with Crippen LogP contribution in [0.2, 0.25) is 0 Å². The molecule has 0 saturated carbocycles. The Bertz CT molecular complexity index is 2330. The molecule has 6 heterocycles. The Balaban J connectivity index is 0.000000279. The third kappa shape index (κ3) is 20.9. The van der Waals surface area contributed by atoms with Gasteiger partial charge in [-0.3, -0.25) is 18.9 Å². The van der Waals surface area contributed by atoms with Crippen molar-refractivity contribution in [2.24, 2.45) is 0 Å². The van der Waals surface area contributed by atoms with Gasteiger partial charge in [0, 0.05) is 136 Å². The number of unbranched alkanes of at least 4 members (excludes halogenated alkanes) is 2. The highest BCUT2D eigenvalue weighted by Crippen LogP contribution is 2.25. The Morgan fingerprint density at radius 3 is 1.19 bits per heavy atom. The largest absolute Gasteiger partial charge is 0.478 e. The van der Waals surface area contributed by atoms with Gasteiger partial charge in [0.05, 0.1) is 13.2 Å². The van der Waals surface area contributed by atoms with Crippen LogP contribution < -0.4 is 30.7 Å². The van der Waals surface area contributed by atoms with Crippen LogP contribution in [-0.4, -0.2) is 150 Å². The minimum absolute atomic E-state index is 0.0544. The zero-order valence-electron chi connectivity index (χ0n) is 45.9. The number of carbonyl (C=O) groups is 2. The molecule has 0 spiro atoms. The fourth-order valence-corrected chi connectivity index (χ4v) is 8.13. The van der Waals surface area contributed by atoms with Gasteiger partial charge in [0.25, 0.3) is 0 Å². The summed E-state index contributed by atoms with van der Waals surface area (Å²) in [4.78, 5) is 80.5. The first-order valence-electron chi connectivity index (χ1n) is 26.5. The van der Waals surface area contributed by atoms with E-state index in [9.17, 15) is 19.2 Å². The van der Waals surface area contributed by atoms with Gasteiger partial charge in [0.1, 0.15) is 23.3 Å². The second-order valence-corrected chi connectivity index (χ2v) is 20.5. The van der Waals surface area contributed by atoms with Gasteiger partial charge in [0.2, 0.25) is 11.8 Å². The first kappa shape index (κ1) is 60.3. The van der Waals surface area contributed by atoms with Crippen molar-refractivity contribution in [1.82, 2.24) is 48.8 Å². The number of rotatable bonds is 22. The summed E-state index contributed by atoms with van der Waals surface area (Å²) in [5.74, 6) is 2.30. The van der Waals surface area contributed by atoms with Crippen molar-refractivity contribution >= 4 is 23.6 Å². The normalized spacial score (nSPS) is 14.5. The SMILES string of the molecule is CCCc1cc(N2CCN(CCCCn3ccc(OCC)nc3=O)CC2)nc(C(C)(C)C)n1.CCCc1cc(N2CCN(CCCCn3ccc(OCC)nc3=O)CC2)nc(C(C)(C)C)n1.O=C(O)/C=C/C(=O)O. The van der Waals surface area contributed by atoms with Crippen LogP contribution in [0.3, 0.4) is 0 Å². The maximum atomic E-state index is 12.1. The van der Waals surface area contributed by atoms with Crippen LogP contribution in [0.25, 0.3) is 0 Å². The van der Waals surface area contributed by atoms with Crippen LogP contribution in [0.5, 0.6) is 11.8 Å². The Hall–Kier alpha value is -6.28. The summed E-state index contributed by atoms with van der Waals surface area (Å²) in [6.07, 6.45) is 12.9. The fraction of sp³-hybridized carbons (Fsp3) is 0.630. The highest BCUT2D eigenvalue weighted by atomic mass is 16.5. The highest BCUT2D eigenvalue weighted by Gasteiger charge is 2.25. The lowest BCUT2D eigenvalue weighted by Crippen LogP contribution is -2.47. The molecule has 2 saturated heterocycles. The number of aryl methyl sites for hydroxylation is 4. The van der Waals surface area contributed by atoms with Gasteiger partial charge in [-0.25, -0.2) is 39.1 Å². The van der Waals surface area contributed by atoms with Gasteiger partial charge < -0.3 is 29.5 Å². The number of aliphatic carboxylic acids is 2. The average Bonchev–Trinajstić information content (AvgIpc) is 3.35. The smallest absolute Gasteiger partial charge is 0.350 e. The number of piperazine rings is 2. The molecule has 4 aromatic rings. The summed E-state index contributed by atoms with van der Waals surface area (Å²) < 4.78 is 13.9. The number of ether oxygens (including phenoxy) is 2. The summed E-state index contributed by atoms with van der Waals surface area (Å²) in [5, 5.41) is 15.6. The Morgan fingerprint density at radius 2 is 0.892 bits per heavy atom. The second kappa shape index (κ2) is 30.2. The van der Waals surface area contributed by atoms with Gasteiger partial charge in [-0.15, -0.1) is 0 Å². The van der Waals surface area contributed by atoms with E-state index in [2.05, 4.69) is 97.1 Å². The van der Waals surface area contributed by atoms with E-state index in [0.717, 1.165) is 151 Å². The number of anilines is 2. The molecular weight excluding hydrogens is 945 g/mol. The third-order valence-electron chi connectivity index (χ3n) is 12.2. The minimum atomic E-state index is -1.26. The van der Waals surface area contributed by atoms with E-state index in [4.69, 9.17) is 39.6 Å². The molecule has 0 radical (unpaired) electrons. The minimum Gasteiger partial charge on any atom is -0.478 e. The second-order valence-electron chi connectivity index (χ2n) is 20.5. The molecule has 20 nitrogen and oxygen atoms in total. The van der Waals surface area contributed by atoms with Crippen molar-refractivity contribution in [1.29, 1.82) is 0 Å². The van der Waals surface area contributed by atoms with Crippen molar-refractivity contribution in [2.45, 2.75) is 145 Å². The molecule has 6 rings (SSSR count). The van der Waals surface area contributed by atoms with Crippen LogP contribution in [0.1, 0.15) is 131 Å². The summed E-state index contributed by atoms with van der Waals surface area (Å²) in [5.41, 5.74) is 1.71. The molecule has 2 N–H and O–H groups in total. The lowest BCUT2D eigenvalue weighted by Gasteiger charge is -2.36. The Morgan fingerprint density at radius 1 is 0.541 bits per heavy atom. The fourth-order valence-electron chi connectivity index (χ4n) is 8.13. The van der Waals surface area contributed by atoms with E-state index in [0.29, 0.717) is 50.2 Å². The molecule has 0 aliphatic carbocycles. The summed E-state index contributed by atoms with van der Waals surface area (Å²) >= 11 is 0. The van der Waals surface area contributed by atoms with E-state index in [1.54, 1.807) is 33.7 Å². The zero-order chi connectivity index (χ0) is 54.3. The first-order chi connectivity index (χ1) is 35.2. The molecule has 0 amide bonds. The Kier molecular flexibility index (Phi) is 24.6. The standard InChI is InChI=1S/2C25H40N6O2.C4H4O4/c2*1-6-10-20-19-21(27-23(26-20)25(3,4)5)30-17-15-29(16-18-30)12-8-9-13-31-14-11-22(33-7-2)28-24(31)32;5-3(6)1-2-4(7)8/h2*11,14,19H,6-10,12-13,15-18H2,1-5H3;1-2H,(H,5,6)(H,7,8)/b;;2-1+. The van der Waals surface area contributed by atoms with Crippen molar-refractivity contribution in [2.75, 3.05) is 88.5 Å². The molecule has 0 aromatic carbocycles. The van der Waals surface area contributed by atoms with Crippen molar-refractivity contribution < 1.29 is 29.3 Å². The number of hydrogen-bond donors (Lipinski definition) is 2. The lowest BCUT2D eigenvalue weighted by atomic mass is 9.95. The number of nitrogens with zero attached hydrogens (tertiary/aromatic N) is 12. The van der Waals surface area contributed by atoms with E-state index in [1.807, 2.05) is 13.8 Å². The molecule has 0 atom stereocenters. The monoisotopic (exact) mass is 1030 g/mol. The Labute approximate surface area is 437 Å². The van der Waals surface area contributed by atoms with E-state index in [1.165, 1.54) is 0 Å². The summed E-state index contributed by atoms with van der Waals surface area (Å²) in [6.45, 7) is 33.8. The van der Waals surface area contributed by atoms with Gasteiger partial charge in [-0.1, -0.05) is 68.2 Å². The number of carboxylic acid groups (broad SMARTS) is 2. The van der Waals surface area contributed by atoms with Crippen LogP contribution in [0, 0.1) is 0 Å². The molecule has 74 heavy (non-hydrogen) atoms. The summed E-state index contributed by atoms with van der Waals surface area (Å²) in [7, 11) is 0. The van der Waals surface area contributed by atoms with Crippen molar-refractivity contribution in [3.63, 3.8) is 0 Å². The number of aromatic nitrogens is 8. The number of carboxylic acids is 2. The van der Waals surface area contributed by atoms with E-state index >= 15 is 0 Å². The third-order valence-corrected chi connectivity index (χ3v) is 12.2. The zero-order valence-corrected chi connectivity index (χ0v) is 45.9.